The van der Waals surface area contributed by atoms with Gasteiger partial charge in [-0.1, -0.05) is 19.9 Å². The van der Waals surface area contributed by atoms with Gasteiger partial charge in [0.2, 0.25) is 0 Å². The Labute approximate surface area is 146 Å². The number of amides is 1. The molecule has 0 radical (unpaired) electrons. The highest BCUT2D eigenvalue weighted by Gasteiger charge is 2.11. The van der Waals surface area contributed by atoms with E-state index in [2.05, 4.69) is 28.9 Å². The Hall–Kier alpha value is -2.96. The van der Waals surface area contributed by atoms with Crippen molar-refractivity contribution in [3.8, 4) is 0 Å². The number of nitro groups is 1. The first-order chi connectivity index (χ1) is 11.8. The van der Waals surface area contributed by atoms with Gasteiger partial charge in [-0.3, -0.25) is 14.9 Å². The first-order valence-electron chi connectivity index (χ1n) is 8.04. The van der Waals surface area contributed by atoms with E-state index in [0.717, 1.165) is 23.5 Å². The standard InChI is InChI=1S/C18H22N4O3/c1-12(2)11-21-13(3)8-16(14(21)4)10-19-20-18(23)15-6-5-7-17(9-15)22(24)25/h5-10,12H,11H2,1-4H3,(H,20,23)/b19-10+. The molecule has 25 heavy (non-hydrogen) atoms. The van der Waals surface area contributed by atoms with E-state index in [1.807, 2.05) is 19.9 Å². The Morgan fingerprint density at radius 2 is 2.08 bits per heavy atom. The summed E-state index contributed by atoms with van der Waals surface area (Å²) in [4.78, 5) is 22.3. The second kappa shape index (κ2) is 7.74. The second-order valence-electron chi connectivity index (χ2n) is 6.34. The highest BCUT2D eigenvalue weighted by Crippen LogP contribution is 2.16. The molecule has 0 atom stereocenters. The molecule has 0 spiro atoms. The van der Waals surface area contributed by atoms with Gasteiger partial charge >= 0.3 is 0 Å². The molecule has 1 heterocycles. The lowest BCUT2D eigenvalue weighted by atomic mass is 10.2. The zero-order chi connectivity index (χ0) is 18.6. The molecule has 0 unspecified atom stereocenters. The summed E-state index contributed by atoms with van der Waals surface area (Å²) < 4.78 is 2.22. The molecule has 132 valence electrons. The summed E-state index contributed by atoms with van der Waals surface area (Å²) >= 11 is 0. The molecular formula is C18H22N4O3. The number of hydrogen-bond acceptors (Lipinski definition) is 4. The van der Waals surface area contributed by atoms with Crippen molar-refractivity contribution in [1.29, 1.82) is 0 Å². The maximum Gasteiger partial charge on any atom is 0.271 e. The first kappa shape index (κ1) is 18.4. The summed E-state index contributed by atoms with van der Waals surface area (Å²) in [7, 11) is 0. The van der Waals surface area contributed by atoms with E-state index in [0.29, 0.717) is 5.92 Å². The number of nitrogens with one attached hydrogen (secondary N) is 1. The van der Waals surface area contributed by atoms with Crippen molar-refractivity contribution >= 4 is 17.8 Å². The fourth-order valence-corrected chi connectivity index (χ4v) is 2.59. The van der Waals surface area contributed by atoms with E-state index in [1.54, 1.807) is 6.21 Å². The lowest BCUT2D eigenvalue weighted by molar-refractivity contribution is -0.384. The maximum atomic E-state index is 12.1. The van der Waals surface area contributed by atoms with E-state index >= 15 is 0 Å². The monoisotopic (exact) mass is 342 g/mol. The van der Waals surface area contributed by atoms with Crippen LogP contribution >= 0.6 is 0 Å². The summed E-state index contributed by atoms with van der Waals surface area (Å²) in [6.45, 7) is 9.29. The van der Waals surface area contributed by atoms with Gasteiger partial charge in [-0.05, 0) is 31.9 Å². The van der Waals surface area contributed by atoms with Crippen LogP contribution in [0.25, 0.3) is 0 Å². The van der Waals surface area contributed by atoms with Gasteiger partial charge < -0.3 is 4.57 Å². The van der Waals surface area contributed by atoms with Gasteiger partial charge in [0.15, 0.2) is 0 Å². The number of non-ortho nitro benzene ring substituents is 1. The molecule has 1 amide bonds. The summed E-state index contributed by atoms with van der Waals surface area (Å²) in [6, 6.07) is 7.55. The predicted octanol–water partition coefficient (Wildman–Crippen LogP) is 3.43. The summed E-state index contributed by atoms with van der Waals surface area (Å²) in [5, 5.41) is 14.7. The average Bonchev–Trinajstić information content (AvgIpc) is 2.82. The number of nitro benzene ring substituents is 1. The molecule has 1 aromatic carbocycles. The topological polar surface area (TPSA) is 89.5 Å². The van der Waals surface area contributed by atoms with Gasteiger partial charge in [0, 0.05) is 41.2 Å². The van der Waals surface area contributed by atoms with Crippen LogP contribution < -0.4 is 5.43 Å². The Morgan fingerprint density at radius 3 is 2.72 bits per heavy atom. The van der Waals surface area contributed by atoms with Crippen LogP contribution in [0.3, 0.4) is 0 Å². The molecular weight excluding hydrogens is 320 g/mol. The summed E-state index contributed by atoms with van der Waals surface area (Å²) in [5.74, 6) is 0.0408. The Kier molecular flexibility index (Phi) is 5.69. The molecule has 7 nitrogen and oxygen atoms in total. The second-order valence-corrected chi connectivity index (χ2v) is 6.34. The van der Waals surface area contributed by atoms with Crippen LogP contribution in [0.1, 0.15) is 41.2 Å². The molecule has 7 heteroatoms. The van der Waals surface area contributed by atoms with Crippen LogP contribution in [-0.2, 0) is 6.54 Å². The lowest BCUT2D eigenvalue weighted by Crippen LogP contribution is -2.17. The average molecular weight is 342 g/mol. The molecule has 0 aliphatic rings. The molecule has 0 fully saturated rings. The largest absolute Gasteiger partial charge is 0.348 e. The van der Waals surface area contributed by atoms with Crippen LogP contribution in [0, 0.1) is 29.9 Å². The minimum absolute atomic E-state index is 0.131. The predicted molar refractivity (Wildman–Crippen MR) is 96.9 cm³/mol. The third kappa shape index (κ3) is 4.53. The Balaban J connectivity index is 2.09. The van der Waals surface area contributed by atoms with Crippen molar-refractivity contribution in [1.82, 2.24) is 9.99 Å². The van der Waals surface area contributed by atoms with Gasteiger partial charge in [0.25, 0.3) is 11.6 Å². The molecule has 0 saturated heterocycles. The van der Waals surface area contributed by atoms with Gasteiger partial charge in [-0.2, -0.15) is 5.10 Å². The van der Waals surface area contributed by atoms with E-state index < -0.39 is 10.8 Å². The molecule has 1 aromatic heterocycles. The van der Waals surface area contributed by atoms with Crippen LogP contribution in [0.5, 0.6) is 0 Å². The molecule has 2 aromatic rings. The van der Waals surface area contributed by atoms with E-state index in [4.69, 9.17) is 0 Å². The van der Waals surface area contributed by atoms with E-state index in [1.165, 1.54) is 24.3 Å². The van der Waals surface area contributed by atoms with Crippen molar-refractivity contribution in [2.24, 2.45) is 11.0 Å². The fourth-order valence-electron chi connectivity index (χ4n) is 2.59. The van der Waals surface area contributed by atoms with Gasteiger partial charge in [-0.25, -0.2) is 5.43 Å². The molecule has 2 rings (SSSR count). The fraction of sp³-hybridized carbons (Fsp3) is 0.333. The molecule has 0 saturated carbocycles. The number of hydrazone groups is 1. The number of nitrogens with zero attached hydrogens (tertiary/aromatic N) is 3. The summed E-state index contributed by atoms with van der Waals surface area (Å²) in [6.07, 6.45) is 1.59. The highest BCUT2D eigenvalue weighted by atomic mass is 16.6. The van der Waals surface area contributed by atoms with Crippen LogP contribution in [0.15, 0.2) is 35.4 Å². The smallest absolute Gasteiger partial charge is 0.271 e. The lowest BCUT2D eigenvalue weighted by Gasteiger charge is -2.11. The number of carbonyl (C=O) groups excluding carboxylic acids is 1. The van der Waals surface area contributed by atoms with Gasteiger partial charge in [-0.15, -0.1) is 0 Å². The third-order valence-electron chi connectivity index (χ3n) is 3.85. The van der Waals surface area contributed by atoms with Crippen molar-refractivity contribution < 1.29 is 9.72 Å². The first-order valence-corrected chi connectivity index (χ1v) is 8.04. The number of rotatable bonds is 6. The van der Waals surface area contributed by atoms with Gasteiger partial charge in [0.05, 0.1) is 11.1 Å². The van der Waals surface area contributed by atoms with Crippen LogP contribution in [0.4, 0.5) is 5.69 Å². The minimum Gasteiger partial charge on any atom is -0.348 e. The number of benzene rings is 1. The molecule has 0 aliphatic heterocycles. The quantitative estimate of drug-likeness (QED) is 0.495. The molecule has 0 aliphatic carbocycles. The number of aryl methyl sites for hydroxylation is 1. The maximum absolute atomic E-state index is 12.1. The normalized spacial score (nSPS) is 11.2. The third-order valence-corrected chi connectivity index (χ3v) is 3.85. The number of hydrogen-bond donors (Lipinski definition) is 1. The summed E-state index contributed by atoms with van der Waals surface area (Å²) in [5.41, 5.74) is 5.62. The SMILES string of the molecule is Cc1cc(/C=N/NC(=O)c2cccc([N+](=O)[O-])c2)c(C)n1CC(C)C. The van der Waals surface area contributed by atoms with E-state index in [-0.39, 0.29) is 11.3 Å². The Morgan fingerprint density at radius 1 is 1.36 bits per heavy atom. The van der Waals surface area contributed by atoms with E-state index in [9.17, 15) is 14.9 Å². The van der Waals surface area contributed by atoms with Crippen LogP contribution in [0.2, 0.25) is 0 Å². The highest BCUT2D eigenvalue weighted by molar-refractivity contribution is 5.95. The minimum atomic E-state index is -0.538. The zero-order valence-corrected chi connectivity index (χ0v) is 14.8. The van der Waals surface area contributed by atoms with Crippen LogP contribution in [-0.4, -0.2) is 21.6 Å². The number of carbonyl (C=O) groups is 1. The molecule has 0 bridgehead atoms. The Bertz CT molecular complexity index is 822. The van der Waals surface area contributed by atoms with Crippen molar-refractivity contribution in [2.75, 3.05) is 0 Å². The van der Waals surface area contributed by atoms with Crippen molar-refractivity contribution in [3.63, 3.8) is 0 Å². The van der Waals surface area contributed by atoms with Crippen molar-refractivity contribution in [3.05, 3.63) is 63.0 Å². The van der Waals surface area contributed by atoms with Gasteiger partial charge in [0.1, 0.15) is 0 Å². The van der Waals surface area contributed by atoms with Crippen molar-refractivity contribution in [2.45, 2.75) is 34.2 Å². The number of aromatic nitrogens is 1. The molecule has 1 N–H and O–H groups in total. The zero-order valence-electron chi connectivity index (χ0n) is 14.8.